The molecule has 0 radical (unpaired) electrons. The molecule has 1 aromatic heterocycles. The number of piperidine rings is 1. The molecule has 0 N–H and O–H groups in total. The van der Waals surface area contributed by atoms with Gasteiger partial charge in [0.1, 0.15) is 5.69 Å². The number of piperazine rings is 1. The van der Waals surface area contributed by atoms with E-state index in [0.717, 1.165) is 37.1 Å². The average molecular weight is 487 g/mol. The molecule has 2 aromatic rings. The van der Waals surface area contributed by atoms with Crippen molar-refractivity contribution in [3.05, 3.63) is 35.5 Å². The lowest BCUT2D eigenvalue weighted by atomic mass is 10.1. The zero-order valence-corrected chi connectivity index (χ0v) is 20.8. The van der Waals surface area contributed by atoms with E-state index in [0.29, 0.717) is 17.3 Å². The van der Waals surface area contributed by atoms with E-state index in [1.807, 2.05) is 47.6 Å². The van der Waals surface area contributed by atoms with E-state index in [2.05, 4.69) is 4.90 Å². The summed E-state index contributed by atoms with van der Waals surface area (Å²) in [6.07, 6.45) is 4.58. The van der Waals surface area contributed by atoms with Gasteiger partial charge >= 0.3 is 0 Å². The summed E-state index contributed by atoms with van der Waals surface area (Å²) in [5.74, 6) is -2.89. The number of halogens is 2. The summed E-state index contributed by atoms with van der Waals surface area (Å²) in [6, 6.07) is 8.16. The van der Waals surface area contributed by atoms with Gasteiger partial charge in [-0.1, -0.05) is 12.8 Å². The van der Waals surface area contributed by atoms with E-state index in [4.69, 9.17) is 0 Å². The van der Waals surface area contributed by atoms with Gasteiger partial charge in [-0.05, 0) is 51.0 Å². The lowest BCUT2D eigenvalue weighted by molar-refractivity contribution is -0.0495. The van der Waals surface area contributed by atoms with Crippen LogP contribution in [-0.4, -0.2) is 82.3 Å². The highest BCUT2D eigenvalue weighted by Gasteiger charge is 2.37. The zero-order valence-electron chi connectivity index (χ0n) is 20.8. The summed E-state index contributed by atoms with van der Waals surface area (Å²) in [5, 5.41) is 0.833. The first-order valence-corrected chi connectivity index (χ1v) is 13.1. The topological polar surface area (TPSA) is 48.8 Å². The number of hydrogen-bond donors (Lipinski definition) is 0. The number of nitrogens with zero attached hydrogens (tertiary/aromatic N) is 4. The van der Waals surface area contributed by atoms with Crippen LogP contribution >= 0.6 is 0 Å². The predicted molar refractivity (Wildman–Crippen MR) is 132 cm³/mol. The summed E-state index contributed by atoms with van der Waals surface area (Å²) in [4.78, 5) is 32.6. The minimum atomic E-state index is -2.70. The molecule has 1 aromatic carbocycles. The molecule has 0 spiro atoms. The molecule has 0 bridgehead atoms. The van der Waals surface area contributed by atoms with Crippen LogP contribution in [0.3, 0.4) is 0 Å². The van der Waals surface area contributed by atoms with Crippen molar-refractivity contribution < 1.29 is 18.4 Å². The van der Waals surface area contributed by atoms with Crippen LogP contribution in [0.2, 0.25) is 0 Å². The SMILES string of the molecule is CC(C)n1c(C(=O)N2CCC(F)(F)CC2)cc2cc(C(=O)N3CCN(C4CCCC4)CC3)ccc21. The summed E-state index contributed by atoms with van der Waals surface area (Å²) < 4.78 is 29.2. The smallest absolute Gasteiger partial charge is 0.270 e. The number of fused-ring (bicyclic) bond motifs is 1. The molecule has 1 aliphatic carbocycles. The second-order valence-corrected chi connectivity index (χ2v) is 10.7. The first kappa shape index (κ1) is 24.2. The summed E-state index contributed by atoms with van der Waals surface area (Å²) >= 11 is 0. The van der Waals surface area contributed by atoms with Crippen LogP contribution in [0, 0.1) is 0 Å². The molecule has 3 fully saturated rings. The Morgan fingerprint density at radius 3 is 2.14 bits per heavy atom. The van der Waals surface area contributed by atoms with Gasteiger partial charge in [-0.15, -0.1) is 0 Å². The van der Waals surface area contributed by atoms with E-state index in [1.54, 1.807) is 0 Å². The number of aromatic nitrogens is 1. The fraction of sp³-hybridized carbons (Fsp3) is 0.630. The molecule has 6 nitrogen and oxygen atoms in total. The lowest BCUT2D eigenvalue weighted by Crippen LogP contribution is -2.51. The summed E-state index contributed by atoms with van der Waals surface area (Å²) in [7, 11) is 0. The third-order valence-electron chi connectivity index (χ3n) is 8.05. The molecule has 190 valence electrons. The average Bonchev–Trinajstić information content (AvgIpc) is 3.51. The van der Waals surface area contributed by atoms with Crippen molar-refractivity contribution in [3.8, 4) is 0 Å². The van der Waals surface area contributed by atoms with Crippen molar-refractivity contribution in [1.82, 2.24) is 19.3 Å². The molecule has 3 aliphatic rings. The Kier molecular flexibility index (Phi) is 6.59. The highest BCUT2D eigenvalue weighted by Crippen LogP contribution is 2.31. The van der Waals surface area contributed by atoms with Crippen LogP contribution in [-0.2, 0) is 0 Å². The number of rotatable bonds is 4. The van der Waals surface area contributed by atoms with Crippen LogP contribution < -0.4 is 0 Å². The Labute approximate surface area is 205 Å². The third kappa shape index (κ3) is 4.82. The summed E-state index contributed by atoms with van der Waals surface area (Å²) in [5.41, 5.74) is 2.01. The fourth-order valence-electron chi connectivity index (χ4n) is 6.03. The molecule has 2 saturated heterocycles. The second-order valence-electron chi connectivity index (χ2n) is 10.7. The molecule has 5 rings (SSSR count). The fourth-order valence-corrected chi connectivity index (χ4v) is 6.03. The zero-order chi connectivity index (χ0) is 24.7. The number of carbonyl (C=O) groups is 2. The first-order valence-electron chi connectivity index (χ1n) is 13.1. The number of carbonyl (C=O) groups excluding carboxylic acids is 2. The van der Waals surface area contributed by atoms with Gasteiger partial charge in [0.15, 0.2) is 0 Å². The first-order chi connectivity index (χ1) is 16.7. The number of benzene rings is 1. The van der Waals surface area contributed by atoms with Crippen molar-refractivity contribution in [2.45, 2.75) is 70.4 Å². The minimum Gasteiger partial charge on any atom is -0.337 e. The molecular weight excluding hydrogens is 450 g/mol. The van der Waals surface area contributed by atoms with Crippen molar-refractivity contribution >= 4 is 22.7 Å². The number of amides is 2. The van der Waals surface area contributed by atoms with Crippen molar-refractivity contribution in [2.24, 2.45) is 0 Å². The largest absolute Gasteiger partial charge is 0.337 e. The van der Waals surface area contributed by atoms with Crippen molar-refractivity contribution in [3.63, 3.8) is 0 Å². The molecule has 2 amide bonds. The molecule has 3 heterocycles. The van der Waals surface area contributed by atoms with Gasteiger partial charge < -0.3 is 14.4 Å². The van der Waals surface area contributed by atoms with E-state index >= 15 is 0 Å². The Morgan fingerprint density at radius 1 is 0.886 bits per heavy atom. The van der Waals surface area contributed by atoms with E-state index in [9.17, 15) is 18.4 Å². The van der Waals surface area contributed by atoms with Crippen LogP contribution in [0.15, 0.2) is 24.3 Å². The van der Waals surface area contributed by atoms with E-state index in [1.165, 1.54) is 30.6 Å². The maximum atomic E-state index is 13.6. The van der Waals surface area contributed by atoms with Crippen LogP contribution in [0.4, 0.5) is 8.78 Å². The van der Waals surface area contributed by atoms with Crippen molar-refractivity contribution in [1.29, 1.82) is 0 Å². The highest BCUT2D eigenvalue weighted by atomic mass is 19.3. The monoisotopic (exact) mass is 486 g/mol. The molecule has 35 heavy (non-hydrogen) atoms. The van der Waals surface area contributed by atoms with Gasteiger partial charge in [0.25, 0.3) is 17.7 Å². The van der Waals surface area contributed by atoms with Gasteiger partial charge in [-0.25, -0.2) is 8.78 Å². The number of alkyl halides is 2. The predicted octanol–water partition coefficient (Wildman–Crippen LogP) is 4.79. The quantitative estimate of drug-likeness (QED) is 0.624. The van der Waals surface area contributed by atoms with Gasteiger partial charge in [-0.3, -0.25) is 14.5 Å². The lowest BCUT2D eigenvalue weighted by Gasteiger charge is -2.38. The maximum absolute atomic E-state index is 13.6. The van der Waals surface area contributed by atoms with Gasteiger partial charge in [0.05, 0.1) is 0 Å². The molecule has 2 aliphatic heterocycles. The normalized spacial score (nSPS) is 21.9. The number of likely N-dealkylation sites (tertiary alicyclic amines) is 1. The van der Waals surface area contributed by atoms with Gasteiger partial charge in [-0.2, -0.15) is 0 Å². The Balaban J connectivity index is 1.34. The number of hydrogen-bond acceptors (Lipinski definition) is 3. The second kappa shape index (κ2) is 9.52. The summed E-state index contributed by atoms with van der Waals surface area (Å²) in [6.45, 7) is 7.45. The highest BCUT2D eigenvalue weighted by molar-refractivity contribution is 6.02. The van der Waals surface area contributed by atoms with Gasteiger partial charge in [0.2, 0.25) is 0 Å². The molecule has 8 heteroatoms. The Morgan fingerprint density at radius 2 is 1.51 bits per heavy atom. The molecular formula is C27H36F2N4O2. The van der Waals surface area contributed by atoms with E-state index < -0.39 is 5.92 Å². The van der Waals surface area contributed by atoms with Crippen LogP contribution in [0.1, 0.15) is 79.3 Å². The standard InChI is InChI=1S/C27H36F2N4O2/c1-19(2)33-23-8-7-20(25(34)32-15-13-30(14-16-32)22-5-3-4-6-22)17-21(23)18-24(33)26(35)31-11-9-27(28,29)10-12-31/h7-8,17-19,22H,3-6,9-16H2,1-2H3. The van der Waals surface area contributed by atoms with E-state index in [-0.39, 0.29) is 43.8 Å². The minimum absolute atomic E-state index is 0.0166. The van der Waals surface area contributed by atoms with Crippen LogP contribution in [0.25, 0.3) is 10.9 Å². The molecule has 1 saturated carbocycles. The van der Waals surface area contributed by atoms with Crippen LogP contribution in [0.5, 0.6) is 0 Å². The Hall–Kier alpha value is -2.48. The molecule has 0 atom stereocenters. The maximum Gasteiger partial charge on any atom is 0.270 e. The van der Waals surface area contributed by atoms with Gasteiger partial charge in [0, 0.05) is 80.7 Å². The van der Waals surface area contributed by atoms with Crippen molar-refractivity contribution in [2.75, 3.05) is 39.3 Å². The Bertz CT molecular complexity index is 1090. The molecule has 0 unspecified atom stereocenters. The third-order valence-corrected chi connectivity index (χ3v) is 8.05.